The number of methoxy groups -OCH3 is 1. The Balaban J connectivity index is 3.07. The Morgan fingerprint density at radius 2 is 2.12 bits per heavy atom. The average Bonchev–Trinajstić information content (AvgIpc) is 2.24. The molecule has 1 aromatic carbocycles. The zero-order valence-corrected chi connectivity index (χ0v) is 10.5. The van der Waals surface area contributed by atoms with Crippen molar-refractivity contribution >= 4 is 0 Å². The lowest BCUT2D eigenvalue weighted by molar-refractivity contribution is 0.250. The lowest BCUT2D eigenvalue weighted by Crippen LogP contribution is -2.39. The lowest BCUT2D eigenvalue weighted by Gasteiger charge is -2.30. The molecule has 0 bridgehead atoms. The van der Waals surface area contributed by atoms with Crippen molar-refractivity contribution in [3.05, 3.63) is 29.6 Å². The van der Waals surface area contributed by atoms with E-state index in [0.29, 0.717) is 6.42 Å². The minimum absolute atomic E-state index is 0.0267. The van der Waals surface area contributed by atoms with E-state index < -0.39 is 11.4 Å². The van der Waals surface area contributed by atoms with Gasteiger partial charge in [0.25, 0.3) is 0 Å². The fourth-order valence-electron chi connectivity index (χ4n) is 2.00. The summed E-state index contributed by atoms with van der Waals surface area (Å²) in [6, 6.07) is 4.80. The first-order chi connectivity index (χ1) is 7.90. The summed E-state index contributed by atoms with van der Waals surface area (Å²) in [5.41, 5.74) is 6.33. The summed E-state index contributed by atoms with van der Waals surface area (Å²) in [6.07, 6.45) is 0.509. The SMILES string of the molecule is COc1ccc(C(CCO)C(C)(C)N)cc1F. The maximum absolute atomic E-state index is 13.6. The highest BCUT2D eigenvalue weighted by Gasteiger charge is 2.26. The highest BCUT2D eigenvalue weighted by atomic mass is 19.1. The first-order valence-corrected chi connectivity index (χ1v) is 5.63. The lowest BCUT2D eigenvalue weighted by atomic mass is 9.80. The summed E-state index contributed by atoms with van der Waals surface area (Å²) in [5.74, 6) is -0.281. The molecule has 3 N–H and O–H groups in total. The molecule has 0 saturated carbocycles. The molecule has 1 aromatic rings. The van der Waals surface area contributed by atoms with Crippen LogP contribution in [0.1, 0.15) is 31.7 Å². The standard InChI is InChI=1S/C13H20FNO2/c1-13(2,15)10(6-7-16)9-4-5-12(17-3)11(14)8-9/h4-5,8,10,16H,6-7,15H2,1-3H3. The smallest absolute Gasteiger partial charge is 0.165 e. The first kappa shape index (κ1) is 13.9. The largest absolute Gasteiger partial charge is 0.494 e. The van der Waals surface area contributed by atoms with E-state index >= 15 is 0 Å². The monoisotopic (exact) mass is 241 g/mol. The highest BCUT2D eigenvalue weighted by Crippen LogP contribution is 2.31. The normalized spacial score (nSPS) is 13.5. The van der Waals surface area contributed by atoms with Gasteiger partial charge in [0.1, 0.15) is 0 Å². The second-order valence-electron chi connectivity index (χ2n) is 4.78. The topological polar surface area (TPSA) is 55.5 Å². The van der Waals surface area contributed by atoms with Gasteiger partial charge in [0.2, 0.25) is 0 Å². The Labute approximate surface area is 101 Å². The third-order valence-electron chi connectivity index (χ3n) is 2.89. The third-order valence-corrected chi connectivity index (χ3v) is 2.89. The van der Waals surface area contributed by atoms with Gasteiger partial charge in [-0.15, -0.1) is 0 Å². The van der Waals surface area contributed by atoms with E-state index in [1.54, 1.807) is 12.1 Å². The molecule has 0 aliphatic rings. The van der Waals surface area contributed by atoms with Crippen molar-refractivity contribution in [3.63, 3.8) is 0 Å². The van der Waals surface area contributed by atoms with Crippen molar-refractivity contribution in [1.82, 2.24) is 0 Å². The number of rotatable bonds is 5. The summed E-state index contributed by atoms with van der Waals surface area (Å²) in [7, 11) is 1.43. The van der Waals surface area contributed by atoms with E-state index in [1.807, 2.05) is 13.8 Å². The van der Waals surface area contributed by atoms with Crippen molar-refractivity contribution in [2.45, 2.75) is 31.7 Å². The van der Waals surface area contributed by atoms with Gasteiger partial charge in [-0.1, -0.05) is 6.07 Å². The molecule has 0 spiro atoms. The molecule has 96 valence electrons. The van der Waals surface area contributed by atoms with E-state index in [-0.39, 0.29) is 18.3 Å². The summed E-state index contributed by atoms with van der Waals surface area (Å²) in [4.78, 5) is 0. The van der Waals surface area contributed by atoms with Crippen molar-refractivity contribution in [1.29, 1.82) is 0 Å². The van der Waals surface area contributed by atoms with Crippen molar-refractivity contribution < 1.29 is 14.2 Å². The summed E-state index contributed by atoms with van der Waals surface area (Å²) < 4.78 is 18.5. The third kappa shape index (κ3) is 3.41. The van der Waals surface area contributed by atoms with E-state index in [0.717, 1.165) is 5.56 Å². The van der Waals surface area contributed by atoms with Crippen LogP contribution in [0.4, 0.5) is 4.39 Å². The van der Waals surface area contributed by atoms with Crippen LogP contribution in [-0.4, -0.2) is 24.4 Å². The maximum atomic E-state index is 13.6. The number of aliphatic hydroxyl groups excluding tert-OH is 1. The number of benzene rings is 1. The fraction of sp³-hybridized carbons (Fsp3) is 0.538. The Bertz CT molecular complexity index is 374. The number of hydrogen-bond acceptors (Lipinski definition) is 3. The van der Waals surface area contributed by atoms with Crippen molar-refractivity contribution in [2.75, 3.05) is 13.7 Å². The molecule has 0 aromatic heterocycles. The van der Waals surface area contributed by atoms with Crippen LogP contribution < -0.4 is 10.5 Å². The maximum Gasteiger partial charge on any atom is 0.165 e. The van der Waals surface area contributed by atoms with Gasteiger partial charge in [0.15, 0.2) is 11.6 Å². The molecule has 1 rings (SSSR count). The van der Waals surface area contributed by atoms with Gasteiger partial charge >= 0.3 is 0 Å². The summed E-state index contributed by atoms with van der Waals surface area (Å²) in [5, 5.41) is 9.06. The molecule has 0 aliphatic carbocycles. The molecule has 1 atom stereocenters. The number of nitrogens with two attached hydrogens (primary N) is 1. The molecular formula is C13H20FNO2. The number of ether oxygens (including phenoxy) is 1. The second-order valence-corrected chi connectivity index (χ2v) is 4.78. The van der Waals surface area contributed by atoms with E-state index in [4.69, 9.17) is 15.6 Å². The molecule has 0 amide bonds. The van der Waals surface area contributed by atoms with Crippen LogP contribution >= 0.6 is 0 Å². The Morgan fingerprint density at radius 1 is 1.47 bits per heavy atom. The molecule has 0 heterocycles. The quantitative estimate of drug-likeness (QED) is 0.829. The van der Waals surface area contributed by atoms with Crippen LogP contribution in [-0.2, 0) is 0 Å². The van der Waals surface area contributed by atoms with Crippen LogP contribution in [0.5, 0.6) is 5.75 Å². The molecule has 17 heavy (non-hydrogen) atoms. The summed E-state index contributed by atoms with van der Waals surface area (Å²) in [6.45, 7) is 3.77. The molecule has 0 saturated heterocycles. The molecule has 4 heteroatoms. The van der Waals surface area contributed by atoms with E-state index in [1.165, 1.54) is 13.2 Å². The van der Waals surface area contributed by atoms with Gasteiger partial charge in [-0.3, -0.25) is 0 Å². The molecule has 3 nitrogen and oxygen atoms in total. The van der Waals surface area contributed by atoms with Crippen LogP contribution in [0.25, 0.3) is 0 Å². The van der Waals surface area contributed by atoms with Crippen LogP contribution in [0.2, 0.25) is 0 Å². The predicted molar refractivity (Wildman–Crippen MR) is 65.7 cm³/mol. The second kappa shape index (κ2) is 5.47. The van der Waals surface area contributed by atoms with Crippen molar-refractivity contribution in [2.24, 2.45) is 5.73 Å². The van der Waals surface area contributed by atoms with Crippen LogP contribution in [0, 0.1) is 5.82 Å². The van der Waals surface area contributed by atoms with Gasteiger partial charge in [-0.2, -0.15) is 0 Å². The highest BCUT2D eigenvalue weighted by molar-refractivity contribution is 5.32. The Morgan fingerprint density at radius 3 is 2.53 bits per heavy atom. The van der Waals surface area contributed by atoms with Gasteiger partial charge in [0.05, 0.1) is 7.11 Å². The van der Waals surface area contributed by atoms with Gasteiger partial charge in [0, 0.05) is 18.1 Å². The molecular weight excluding hydrogens is 221 g/mol. The van der Waals surface area contributed by atoms with Crippen molar-refractivity contribution in [3.8, 4) is 5.75 Å². The summed E-state index contributed by atoms with van der Waals surface area (Å²) >= 11 is 0. The molecule has 0 aliphatic heterocycles. The van der Waals surface area contributed by atoms with Gasteiger partial charge in [-0.25, -0.2) is 4.39 Å². The van der Waals surface area contributed by atoms with Crippen LogP contribution in [0.15, 0.2) is 18.2 Å². The minimum Gasteiger partial charge on any atom is -0.494 e. The first-order valence-electron chi connectivity index (χ1n) is 5.63. The Hall–Kier alpha value is -1.13. The average molecular weight is 241 g/mol. The number of aliphatic hydroxyl groups is 1. The molecule has 0 fully saturated rings. The van der Waals surface area contributed by atoms with Crippen LogP contribution in [0.3, 0.4) is 0 Å². The van der Waals surface area contributed by atoms with Gasteiger partial charge < -0.3 is 15.6 Å². The van der Waals surface area contributed by atoms with E-state index in [9.17, 15) is 4.39 Å². The van der Waals surface area contributed by atoms with E-state index in [2.05, 4.69) is 0 Å². The van der Waals surface area contributed by atoms with Gasteiger partial charge in [-0.05, 0) is 38.0 Å². The zero-order valence-electron chi connectivity index (χ0n) is 10.5. The minimum atomic E-state index is -0.510. The molecule has 1 unspecified atom stereocenters. The predicted octanol–water partition coefficient (Wildman–Crippen LogP) is 2.04. The number of halogens is 1. The number of hydrogen-bond donors (Lipinski definition) is 2. The molecule has 0 radical (unpaired) electrons. The zero-order chi connectivity index (χ0) is 13.1. The fourth-order valence-corrected chi connectivity index (χ4v) is 2.00. The Kier molecular flexibility index (Phi) is 4.48.